The lowest BCUT2D eigenvalue weighted by Crippen LogP contribution is -2.29. The smallest absolute Gasteiger partial charge is 0.233 e. The summed E-state index contributed by atoms with van der Waals surface area (Å²) in [6, 6.07) is 4.73. The van der Waals surface area contributed by atoms with Crippen molar-refractivity contribution < 1.29 is 9.00 Å². The Hall–Kier alpha value is -1.07. The molecule has 0 saturated heterocycles. The van der Waals surface area contributed by atoms with Crippen LogP contribution in [0, 0.1) is 0 Å². The molecule has 1 amide bonds. The molecule has 1 unspecified atom stereocenters. The molecular weight excluding hydrogens is 272 g/mol. The molecule has 0 spiro atoms. The summed E-state index contributed by atoms with van der Waals surface area (Å²) >= 11 is 5.75. The molecule has 0 heterocycles. The zero-order chi connectivity index (χ0) is 13.5. The van der Waals surface area contributed by atoms with Crippen molar-refractivity contribution in [2.24, 2.45) is 0 Å². The number of benzene rings is 1. The molecule has 0 bridgehead atoms. The summed E-state index contributed by atoms with van der Waals surface area (Å²) in [6.07, 6.45) is 1.93. The standard InChI is InChI=1S/C12H17ClN2O2S/c1-2-3-6-15-12(16)8-18(17)11-5-4-9(13)7-10(11)14/h4-5,7H,2-3,6,8,14H2,1H3,(H,15,16). The lowest BCUT2D eigenvalue weighted by atomic mass is 10.3. The van der Waals surface area contributed by atoms with Crippen LogP contribution in [0.25, 0.3) is 0 Å². The molecule has 1 aromatic carbocycles. The minimum Gasteiger partial charge on any atom is -0.398 e. The molecule has 0 saturated carbocycles. The van der Waals surface area contributed by atoms with E-state index < -0.39 is 10.8 Å². The van der Waals surface area contributed by atoms with Crippen molar-refractivity contribution in [2.45, 2.75) is 24.7 Å². The van der Waals surface area contributed by atoms with Crippen molar-refractivity contribution in [2.75, 3.05) is 18.0 Å². The Labute approximate surface area is 114 Å². The fourth-order valence-electron chi connectivity index (χ4n) is 1.38. The van der Waals surface area contributed by atoms with E-state index in [0.717, 1.165) is 12.8 Å². The highest BCUT2D eigenvalue weighted by atomic mass is 35.5. The Kier molecular flexibility index (Phi) is 6.15. The highest BCUT2D eigenvalue weighted by molar-refractivity contribution is 7.86. The number of halogens is 1. The molecule has 0 aliphatic carbocycles. The number of anilines is 1. The quantitative estimate of drug-likeness (QED) is 0.621. The van der Waals surface area contributed by atoms with Crippen LogP contribution in [-0.2, 0) is 15.6 Å². The monoisotopic (exact) mass is 288 g/mol. The first-order valence-electron chi connectivity index (χ1n) is 5.74. The average Bonchev–Trinajstić information content (AvgIpc) is 2.28. The molecule has 6 heteroatoms. The van der Waals surface area contributed by atoms with Crippen molar-refractivity contribution in [3.05, 3.63) is 23.2 Å². The van der Waals surface area contributed by atoms with Gasteiger partial charge in [0.25, 0.3) is 0 Å². The molecule has 1 aromatic rings. The van der Waals surface area contributed by atoms with E-state index in [9.17, 15) is 9.00 Å². The van der Waals surface area contributed by atoms with Gasteiger partial charge in [-0.1, -0.05) is 24.9 Å². The lowest BCUT2D eigenvalue weighted by molar-refractivity contribution is -0.118. The summed E-state index contributed by atoms with van der Waals surface area (Å²) in [5, 5.41) is 3.20. The van der Waals surface area contributed by atoms with Crippen molar-refractivity contribution in [3.8, 4) is 0 Å². The Morgan fingerprint density at radius 1 is 1.50 bits per heavy atom. The second-order valence-electron chi connectivity index (χ2n) is 3.88. The van der Waals surface area contributed by atoms with Crippen molar-refractivity contribution in [3.63, 3.8) is 0 Å². The van der Waals surface area contributed by atoms with E-state index in [-0.39, 0.29) is 11.7 Å². The van der Waals surface area contributed by atoms with Gasteiger partial charge in [-0.25, -0.2) is 0 Å². The second kappa shape index (κ2) is 7.38. The van der Waals surface area contributed by atoms with Gasteiger partial charge in [0.05, 0.1) is 15.7 Å². The van der Waals surface area contributed by atoms with Crippen LogP contribution in [-0.4, -0.2) is 22.4 Å². The number of carbonyl (C=O) groups is 1. The molecule has 0 radical (unpaired) electrons. The third-order valence-electron chi connectivity index (χ3n) is 2.33. The molecule has 0 aliphatic heterocycles. The average molecular weight is 289 g/mol. The summed E-state index contributed by atoms with van der Waals surface area (Å²) in [5.41, 5.74) is 6.06. The van der Waals surface area contributed by atoms with E-state index in [0.29, 0.717) is 22.2 Å². The Balaban J connectivity index is 2.57. The van der Waals surface area contributed by atoms with Gasteiger partial charge in [-0.2, -0.15) is 0 Å². The molecule has 100 valence electrons. The molecule has 3 N–H and O–H groups in total. The van der Waals surface area contributed by atoms with Gasteiger partial charge < -0.3 is 11.1 Å². The van der Waals surface area contributed by atoms with Crippen molar-refractivity contribution in [1.82, 2.24) is 5.32 Å². The van der Waals surface area contributed by atoms with E-state index in [1.807, 2.05) is 6.92 Å². The molecular formula is C12H17ClN2O2S. The number of amides is 1. The number of carbonyl (C=O) groups excluding carboxylic acids is 1. The van der Waals surface area contributed by atoms with Gasteiger partial charge in [0.2, 0.25) is 5.91 Å². The van der Waals surface area contributed by atoms with E-state index in [4.69, 9.17) is 17.3 Å². The van der Waals surface area contributed by atoms with Crippen LogP contribution in [0.2, 0.25) is 5.02 Å². The predicted molar refractivity (Wildman–Crippen MR) is 75.1 cm³/mol. The van der Waals surface area contributed by atoms with Gasteiger partial charge in [-0.15, -0.1) is 0 Å². The molecule has 1 atom stereocenters. The van der Waals surface area contributed by atoms with Gasteiger partial charge in [0.15, 0.2) is 0 Å². The van der Waals surface area contributed by atoms with Gasteiger partial charge in [0.1, 0.15) is 5.75 Å². The number of unbranched alkanes of at least 4 members (excludes halogenated alkanes) is 1. The fourth-order valence-corrected chi connectivity index (χ4v) is 2.60. The third kappa shape index (κ3) is 4.66. The van der Waals surface area contributed by atoms with Gasteiger partial charge >= 0.3 is 0 Å². The van der Waals surface area contributed by atoms with Crippen LogP contribution in [0.3, 0.4) is 0 Å². The highest BCUT2D eigenvalue weighted by Gasteiger charge is 2.12. The van der Waals surface area contributed by atoms with Crippen LogP contribution in [0.15, 0.2) is 23.1 Å². The third-order valence-corrected chi connectivity index (χ3v) is 3.95. The zero-order valence-electron chi connectivity index (χ0n) is 10.2. The molecule has 1 rings (SSSR count). The van der Waals surface area contributed by atoms with Gasteiger partial charge in [-0.05, 0) is 24.6 Å². The molecule has 4 nitrogen and oxygen atoms in total. The normalized spacial score (nSPS) is 12.1. The largest absolute Gasteiger partial charge is 0.398 e. The Bertz CT molecular complexity index is 452. The van der Waals surface area contributed by atoms with Crippen molar-refractivity contribution >= 4 is 34.0 Å². The first kappa shape index (κ1) is 15.0. The first-order valence-corrected chi connectivity index (χ1v) is 7.44. The highest BCUT2D eigenvalue weighted by Crippen LogP contribution is 2.21. The SMILES string of the molecule is CCCCNC(=O)CS(=O)c1ccc(Cl)cc1N. The number of nitrogens with one attached hydrogen (secondary N) is 1. The number of rotatable bonds is 6. The Morgan fingerprint density at radius 3 is 2.83 bits per heavy atom. The maximum atomic E-state index is 11.9. The second-order valence-corrected chi connectivity index (χ2v) is 5.73. The predicted octanol–water partition coefficient (Wildman–Crippen LogP) is 1.95. The van der Waals surface area contributed by atoms with E-state index in [1.54, 1.807) is 12.1 Å². The van der Waals surface area contributed by atoms with Gasteiger partial charge in [-0.3, -0.25) is 9.00 Å². The van der Waals surface area contributed by atoms with E-state index in [2.05, 4.69) is 5.32 Å². The van der Waals surface area contributed by atoms with Crippen LogP contribution >= 0.6 is 11.6 Å². The summed E-state index contributed by atoms with van der Waals surface area (Å²) in [5.74, 6) is -0.300. The number of nitrogen functional groups attached to an aromatic ring is 1. The Morgan fingerprint density at radius 2 is 2.22 bits per heavy atom. The summed E-state index contributed by atoms with van der Waals surface area (Å²) < 4.78 is 11.9. The first-order chi connectivity index (χ1) is 8.54. The summed E-state index contributed by atoms with van der Waals surface area (Å²) in [4.78, 5) is 12.0. The molecule has 0 fully saturated rings. The summed E-state index contributed by atoms with van der Waals surface area (Å²) in [6.45, 7) is 2.65. The molecule has 18 heavy (non-hydrogen) atoms. The minimum atomic E-state index is -1.43. The van der Waals surface area contributed by atoms with E-state index in [1.165, 1.54) is 6.07 Å². The van der Waals surface area contributed by atoms with Crippen LogP contribution in [0.5, 0.6) is 0 Å². The van der Waals surface area contributed by atoms with Crippen LogP contribution in [0.1, 0.15) is 19.8 Å². The molecule has 0 aromatic heterocycles. The summed E-state index contributed by atoms with van der Waals surface area (Å²) in [7, 11) is -1.43. The topological polar surface area (TPSA) is 72.2 Å². The lowest BCUT2D eigenvalue weighted by Gasteiger charge is -2.07. The maximum absolute atomic E-state index is 11.9. The maximum Gasteiger partial charge on any atom is 0.233 e. The van der Waals surface area contributed by atoms with E-state index >= 15 is 0 Å². The molecule has 0 aliphatic rings. The minimum absolute atomic E-state index is 0.0739. The zero-order valence-corrected chi connectivity index (χ0v) is 11.8. The number of nitrogens with two attached hydrogens (primary N) is 1. The van der Waals surface area contributed by atoms with Crippen LogP contribution < -0.4 is 11.1 Å². The van der Waals surface area contributed by atoms with Gasteiger partial charge in [0, 0.05) is 17.3 Å². The fraction of sp³-hybridized carbons (Fsp3) is 0.417. The number of hydrogen-bond donors (Lipinski definition) is 2. The number of hydrogen-bond acceptors (Lipinski definition) is 3. The van der Waals surface area contributed by atoms with Crippen LogP contribution in [0.4, 0.5) is 5.69 Å². The van der Waals surface area contributed by atoms with Crippen molar-refractivity contribution in [1.29, 1.82) is 0 Å².